The lowest BCUT2D eigenvalue weighted by molar-refractivity contribution is -0.274. The van der Waals surface area contributed by atoms with Gasteiger partial charge < -0.3 is 10.1 Å². The molecule has 1 amide bonds. The van der Waals surface area contributed by atoms with Crippen LogP contribution in [0.1, 0.15) is 19.3 Å². The summed E-state index contributed by atoms with van der Waals surface area (Å²) in [5.74, 6) is -0.938. The van der Waals surface area contributed by atoms with E-state index in [9.17, 15) is 26.4 Å². The summed E-state index contributed by atoms with van der Waals surface area (Å²) in [6.45, 7) is 0.487. The second-order valence-electron chi connectivity index (χ2n) is 4.98. The van der Waals surface area contributed by atoms with Gasteiger partial charge in [0.2, 0.25) is 15.9 Å². The van der Waals surface area contributed by atoms with Gasteiger partial charge in [-0.3, -0.25) is 4.79 Å². The van der Waals surface area contributed by atoms with Crippen LogP contribution in [0.2, 0.25) is 0 Å². The lowest BCUT2D eigenvalue weighted by Gasteiger charge is -2.15. The average Bonchev–Trinajstić information content (AvgIpc) is 2.63. The molecular weight excluding hydrogens is 337 g/mol. The fourth-order valence-corrected chi connectivity index (χ4v) is 3.36. The standard InChI is InChI=1S/C13H15F3N2O4S/c14-13(15,16)22-9-4-6-10(7-5-9)23(20,21)18-11-3-1-2-8-17-12(11)19/h4-7,11,18H,1-3,8H2,(H,17,19)/t11-/m1/s1. The van der Waals surface area contributed by atoms with Crippen LogP contribution < -0.4 is 14.8 Å². The number of hydrogen-bond acceptors (Lipinski definition) is 4. The molecule has 1 atom stereocenters. The highest BCUT2D eigenvalue weighted by molar-refractivity contribution is 7.89. The zero-order chi connectivity index (χ0) is 17.1. The molecule has 0 unspecified atom stereocenters. The van der Waals surface area contributed by atoms with Crippen LogP contribution in [-0.4, -0.2) is 33.3 Å². The van der Waals surface area contributed by atoms with E-state index < -0.39 is 34.1 Å². The summed E-state index contributed by atoms with van der Waals surface area (Å²) in [7, 11) is -4.02. The smallest absolute Gasteiger partial charge is 0.406 e. The first-order valence-electron chi connectivity index (χ1n) is 6.83. The van der Waals surface area contributed by atoms with Crippen LogP contribution in [-0.2, 0) is 14.8 Å². The number of amides is 1. The number of nitrogens with one attached hydrogen (secondary N) is 2. The van der Waals surface area contributed by atoms with E-state index >= 15 is 0 Å². The predicted octanol–water partition coefficient (Wildman–Crippen LogP) is 1.53. The van der Waals surface area contributed by atoms with Crippen LogP contribution in [0, 0.1) is 0 Å². The van der Waals surface area contributed by atoms with E-state index in [2.05, 4.69) is 14.8 Å². The highest BCUT2D eigenvalue weighted by Crippen LogP contribution is 2.24. The zero-order valence-electron chi connectivity index (χ0n) is 11.9. The van der Waals surface area contributed by atoms with Crippen molar-refractivity contribution < 1.29 is 31.1 Å². The molecule has 6 nitrogen and oxygen atoms in total. The number of benzene rings is 1. The van der Waals surface area contributed by atoms with Gasteiger partial charge in [0.1, 0.15) is 11.8 Å². The van der Waals surface area contributed by atoms with E-state index in [1.807, 2.05) is 0 Å². The molecule has 23 heavy (non-hydrogen) atoms. The van der Waals surface area contributed by atoms with Crippen LogP contribution in [0.25, 0.3) is 0 Å². The number of carbonyl (C=O) groups is 1. The van der Waals surface area contributed by atoms with Crippen molar-refractivity contribution in [1.29, 1.82) is 0 Å². The van der Waals surface area contributed by atoms with Crippen LogP contribution in [0.15, 0.2) is 29.2 Å². The molecule has 1 fully saturated rings. The van der Waals surface area contributed by atoms with Crippen molar-refractivity contribution in [2.45, 2.75) is 36.6 Å². The molecule has 0 spiro atoms. The third-order valence-corrected chi connectivity index (χ3v) is 4.69. The van der Waals surface area contributed by atoms with Gasteiger partial charge >= 0.3 is 6.36 Å². The molecule has 1 aliphatic rings. The third-order valence-electron chi connectivity index (χ3n) is 3.20. The second kappa shape index (κ2) is 6.75. The molecule has 1 heterocycles. The molecule has 10 heteroatoms. The quantitative estimate of drug-likeness (QED) is 0.861. The van der Waals surface area contributed by atoms with Crippen molar-refractivity contribution >= 4 is 15.9 Å². The van der Waals surface area contributed by atoms with Gasteiger partial charge in [-0.2, -0.15) is 4.72 Å². The lowest BCUT2D eigenvalue weighted by Crippen LogP contribution is -2.45. The highest BCUT2D eigenvalue weighted by atomic mass is 32.2. The van der Waals surface area contributed by atoms with Gasteiger partial charge in [0.25, 0.3) is 0 Å². The van der Waals surface area contributed by atoms with E-state index in [1.54, 1.807) is 0 Å². The molecule has 0 saturated carbocycles. The Hall–Kier alpha value is -1.81. The minimum atomic E-state index is -4.85. The molecule has 0 bridgehead atoms. The fraction of sp³-hybridized carbons (Fsp3) is 0.462. The predicted molar refractivity (Wildman–Crippen MR) is 74.1 cm³/mol. The van der Waals surface area contributed by atoms with Crippen molar-refractivity contribution in [3.8, 4) is 5.75 Å². The molecule has 128 valence electrons. The zero-order valence-corrected chi connectivity index (χ0v) is 12.7. The van der Waals surface area contributed by atoms with Crippen molar-refractivity contribution in [2.24, 2.45) is 0 Å². The summed E-state index contributed by atoms with van der Waals surface area (Å²) in [4.78, 5) is 11.5. The van der Waals surface area contributed by atoms with E-state index in [0.717, 1.165) is 30.7 Å². The molecule has 1 aliphatic heterocycles. The number of ether oxygens (including phenoxy) is 1. The minimum absolute atomic E-state index is 0.246. The summed E-state index contributed by atoms with van der Waals surface area (Å²) in [6.07, 6.45) is -3.05. The van der Waals surface area contributed by atoms with Crippen molar-refractivity contribution in [3.63, 3.8) is 0 Å². The summed E-state index contributed by atoms with van der Waals surface area (Å²) in [6, 6.07) is 2.87. The number of alkyl halides is 3. The number of sulfonamides is 1. The molecule has 0 aromatic heterocycles. The maximum Gasteiger partial charge on any atom is 0.573 e. The fourth-order valence-electron chi connectivity index (χ4n) is 2.13. The van der Waals surface area contributed by atoms with Gasteiger partial charge in [-0.1, -0.05) is 0 Å². The first-order chi connectivity index (χ1) is 10.7. The molecule has 2 rings (SSSR count). The largest absolute Gasteiger partial charge is 0.573 e. The Balaban J connectivity index is 2.11. The van der Waals surface area contributed by atoms with Gasteiger partial charge in [-0.15, -0.1) is 13.2 Å². The first-order valence-corrected chi connectivity index (χ1v) is 8.31. The van der Waals surface area contributed by atoms with Gasteiger partial charge in [-0.25, -0.2) is 8.42 Å². The van der Waals surface area contributed by atoms with Crippen LogP contribution in [0.4, 0.5) is 13.2 Å². The maximum absolute atomic E-state index is 12.2. The Kier molecular flexibility index (Phi) is 5.15. The topological polar surface area (TPSA) is 84.5 Å². The molecule has 0 aliphatic carbocycles. The maximum atomic E-state index is 12.2. The lowest BCUT2D eigenvalue weighted by atomic mass is 10.1. The minimum Gasteiger partial charge on any atom is -0.406 e. The van der Waals surface area contributed by atoms with E-state index in [-0.39, 0.29) is 4.90 Å². The average molecular weight is 352 g/mol. The SMILES string of the molecule is O=C1NCCCC[C@H]1NS(=O)(=O)c1ccc(OC(F)(F)F)cc1. The van der Waals surface area contributed by atoms with Crippen molar-refractivity contribution in [3.05, 3.63) is 24.3 Å². The normalized spacial score (nSPS) is 19.8. The Morgan fingerprint density at radius 3 is 2.43 bits per heavy atom. The Labute approximate surface area is 131 Å². The van der Waals surface area contributed by atoms with Crippen molar-refractivity contribution in [1.82, 2.24) is 10.0 Å². The molecule has 1 aromatic carbocycles. The van der Waals surface area contributed by atoms with Crippen molar-refractivity contribution in [2.75, 3.05) is 6.54 Å². The summed E-state index contributed by atoms with van der Waals surface area (Å²) < 4.78 is 66.5. The molecule has 1 aromatic rings. The van der Waals surface area contributed by atoms with Gasteiger partial charge in [-0.05, 0) is 43.5 Å². The Bertz CT molecular complexity index is 659. The van der Waals surface area contributed by atoms with E-state index in [1.165, 1.54) is 0 Å². The highest BCUT2D eigenvalue weighted by Gasteiger charge is 2.31. The molecule has 1 saturated heterocycles. The van der Waals surface area contributed by atoms with E-state index in [0.29, 0.717) is 19.4 Å². The molecular formula is C13H15F3N2O4S. The van der Waals surface area contributed by atoms with Crippen LogP contribution in [0.5, 0.6) is 5.75 Å². The van der Waals surface area contributed by atoms with Gasteiger partial charge in [0.15, 0.2) is 0 Å². The molecule has 0 radical (unpaired) electrons. The van der Waals surface area contributed by atoms with E-state index in [4.69, 9.17) is 0 Å². The Morgan fingerprint density at radius 1 is 1.17 bits per heavy atom. The summed E-state index contributed by atoms with van der Waals surface area (Å²) in [5, 5.41) is 2.59. The van der Waals surface area contributed by atoms with Gasteiger partial charge in [0.05, 0.1) is 4.90 Å². The Morgan fingerprint density at radius 2 is 1.83 bits per heavy atom. The van der Waals surface area contributed by atoms with Gasteiger partial charge in [0, 0.05) is 6.54 Å². The number of halogens is 3. The number of carbonyl (C=O) groups excluding carboxylic acids is 1. The summed E-state index contributed by atoms with van der Waals surface area (Å²) in [5.41, 5.74) is 0. The third kappa shape index (κ3) is 5.10. The van der Waals surface area contributed by atoms with Crippen LogP contribution >= 0.6 is 0 Å². The number of rotatable bonds is 4. The monoisotopic (exact) mass is 352 g/mol. The molecule has 2 N–H and O–H groups in total. The second-order valence-corrected chi connectivity index (χ2v) is 6.69. The number of hydrogen-bond donors (Lipinski definition) is 2. The first kappa shape index (κ1) is 17.5. The van der Waals surface area contributed by atoms with Crippen LogP contribution in [0.3, 0.4) is 0 Å². The summed E-state index contributed by atoms with van der Waals surface area (Å²) >= 11 is 0.